The number of nitrogens with zero attached hydrogens (tertiary/aromatic N) is 3. The zero-order valence-electron chi connectivity index (χ0n) is 17.5. The number of halogens is 1. The molecule has 3 heterocycles. The van der Waals surface area contributed by atoms with Crippen LogP contribution in [0.4, 0.5) is 4.79 Å². The minimum absolute atomic E-state index is 0.0467. The maximum Gasteiger partial charge on any atom is 0.415 e. The van der Waals surface area contributed by atoms with Crippen molar-refractivity contribution in [1.29, 1.82) is 0 Å². The smallest absolute Gasteiger partial charge is 0.415 e. The van der Waals surface area contributed by atoms with Crippen molar-refractivity contribution in [3.8, 4) is 0 Å². The van der Waals surface area contributed by atoms with E-state index in [9.17, 15) is 14.7 Å². The van der Waals surface area contributed by atoms with Crippen molar-refractivity contribution in [2.45, 2.75) is 19.0 Å². The van der Waals surface area contributed by atoms with Crippen LogP contribution in [0.25, 0.3) is 10.8 Å². The second-order valence-electron chi connectivity index (χ2n) is 8.38. The molecule has 1 atom stereocenters. The highest BCUT2D eigenvalue weighted by molar-refractivity contribution is 9.10. The van der Waals surface area contributed by atoms with Crippen LogP contribution < -0.4 is 0 Å². The van der Waals surface area contributed by atoms with Crippen LogP contribution in [0.3, 0.4) is 0 Å². The van der Waals surface area contributed by atoms with E-state index in [-0.39, 0.29) is 11.9 Å². The van der Waals surface area contributed by atoms with Crippen molar-refractivity contribution in [1.82, 2.24) is 14.4 Å². The number of carbonyl (C=O) groups is 2. The largest absolute Gasteiger partial charge is 0.464 e. The van der Waals surface area contributed by atoms with Gasteiger partial charge in [-0.25, -0.2) is 4.79 Å². The van der Waals surface area contributed by atoms with Crippen LogP contribution in [-0.4, -0.2) is 70.4 Å². The summed E-state index contributed by atoms with van der Waals surface area (Å²) in [5.41, 5.74) is 3.02. The van der Waals surface area contributed by atoms with E-state index >= 15 is 0 Å². The molecule has 2 aliphatic rings. The molecule has 0 bridgehead atoms. The lowest BCUT2D eigenvalue weighted by Gasteiger charge is -2.40. The Morgan fingerprint density at radius 1 is 1.06 bits per heavy atom. The van der Waals surface area contributed by atoms with Crippen molar-refractivity contribution in [3.63, 3.8) is 0 Å². The second-order valence-corrected chi connectivity index (χ2v) is 9.24. The van der Waals surface area contributed by atoms with Gasteiger partial charge in [0.05, 0.1) is 18.8 Å². The third-order valence-electron chi connectivity index (χ3n) is 6.37. The highest BCUT2D eigenvalue weighted by atomic mass is 79.9. The Bertz CT molecular complexity index is 1190. The predicted molar refractivity (Wildman–Crippen MR) is 124 cm³/mol. The van der Waals surface area contributed by atoms with Gasteiger partial charge in [-0.2, -0.15) is 0 Å². The van der Waals surface area contributed by atoms with Crippen LogP contribution in [0.1, 0.15) is 21.5 Å². The molecule has 0 unspecified atom stereocenters. The van der Waals surface area contributed by atoms with E-state index in [1.54, 1.807) is 12.3 Å². The highest BCUT2D eigenvalue weighted by Gasteiger charge is 2.33. The summed E-state index contributed by atoms with van der Waals surface area (Å²) in [6.45, 7) is 4.56. The number of rotatable bonds is 3. The standard InChI is InChI=1S/C24H24BrN3O4/c25-22-11-19-13-27(24(30)31)12-18(19)10-21(22)23(29)28-14-17-4-2-1-3-16(17)9-20(28)15-26-5-7-32-8-6-26/h1-4,10-13,20H,5-9,14-15H2,(H,30,31)/t20-/m0/s1. The fraction of sp³-hybridized carbons (Fsp3) is 0.333. The monoisotopic (exact) mass is 497 g/mol. The zero-order chi connectivity index (χ0) is 22.2. The SMILES string of the molecule is O=C(c1cc2cn(C(=O)O)cc2cc1Br)N1Cc2ccccc2C[C@H]1CN1CCOCC1. The fourth-order valence-corrected chi connectivity index (χ4v) is 5.20. The normalized spacial score (nSPS) is 19.2. The summed E-state index contributed by atoms with van der Waals surface area (Å²) < 4.78 is 7.28. The summed E-state index contributed by atoms with van der Waals surface area (Å²) in [6.07, 6.45) is 2.85. The lowest BCUT2D eigenvalue weighted by Crippen LogP contribution is -2.52. The molecule has 0 aliphatic carbocycles. The van der Waals surface area contributed by atoms with Crippen molar-refractivity contribution >= 4 is 38.7 Å². The summed E-state index contributed by atoms with van der Waals surface area (Å²) in [5.74, 6) is -0.0467. The van der Waals surface area contributed by atoms with Gasteiger partial charge in [-0.1, -0.05) is 24.3 Å². The van der Waals surface area contributed by atoms with Gasteiger partial charge in [0.2, 0.25) is 0 Å². The van der Waals surface area contributed by atoms with Gasteiger partial charge in [0, 0.05) is 59.9 Å². The molecule has 8 heteroatoms. The first-order valence-electron chi connectivity index (χ1n) is 10.7. The number of carboxylic acid groups (broad SMARTS) is 1. The first-order chi connectivity index (χ1) is 15.5. The molecule has 2 aromatic carbocycles. The summed E-state index contributed by atoms with van der Waals surface area (Å²) in [6, 6.07) is 12.0. The Hall–Kier alpha value is -2.68. The molecule has 166 valence electrons. The van der Waals surface area contributed by atoms with E-state index in [4.69, 9.17) is 4.74 Å². The van der Waals surface area contributed by atoms with Crippen LogP contribution >= 0.6 is 15.9 Å². The molecule has 7 nitrogen and oxygen atoms in total. The number of morpholine rings is 1. The number of fused-ring (bicyclic) bond motifs is 2. The van der Waals surface area contributed by atoms with E-state index in [1.165, 1.54) is 17.3 Å². The second kappa shape index (κ2) is 8.69. The van der Waals surface area contributed by atoms with Gasteiger partial charge in [-0.05, 0) is 45.6 Å². The van der Waals surface area contributed by atoms with E-state index in [1.807, 2.05) is 17.0 Å². The maximum atomic E-state index is 13.8. The third-order valence-corrected chi connectivity index (χ3v) is 7.03. The summed E-state index contributed by atoms with van der Waals surface area (Å²) >= 11 is 3.55. The van der Waals surface area contributed by atoms with E-state index in [2.05, 4.69) is 39.0 Å². The lowest BCUT2D eigenvalue weighted by atomic mass is 9.92. The third kappa shape index (κ3) is 4.05. The Labute approximate surface area is 194 Å². The molecule has 1 aromatic heterocycles. The Morgan fingerprint density at radius 2 is 1.75 bits per heavy atom. The van der Waals surface area contributed by atoms with E-state index in [0.717, 1.165) is 54.6 Å². The fourth-order valence-electron chi connectivity index (χ4n) is 4.67. The van der Waals surface area contributed by atoms with E-state index in [0.29, 0.717) is 16.6 Å². The number of amides is 1. The minimum atomic E-state index is -1.05. The van der Waals surface area contributed by atoms with Gasteiger partial charge in [0.15, 0.2) is 0 Å². The molecule has 1 saturated heterocycles. The molecule has 32 heavy (non-hydrogen) atoms. The van der Waals surface area contributed by atoms with Crippen molar-refractivity contribution in [2.24, 2.45) is 0 Å². The molecule has 0 spiro atoms. The quantitative estimate of drug-likeness (QED) is 0.595. The van der Waals surface area contributed by atoms with Crippen molar-refractivity contribution in [2.75, 3.05) is 32.8 Å². The van der Waals surface area contributed by atoms with Gasteiger partial charge >= 0.3 is 6.09 Å². The molecule has 0 radical (unpaired) electrons. The molecular formula is C24H24BrN3O4. The number of carbonyl (C=O) groups excluding carboxylic acids is 1. The molecule has 1 amide bonds. The van der Waals surface area contributed by atoms with Crippen LogP contribution in [-0.2, 0) is 17.7 Å². The van der Waals surface area contributed by atoms with Gasteiger partial charge in [0.25, 0.3) is 5.91 Å². The van der Waals surface area contributed by atoms with Crippen molar-refractivity contribution in [3.05, 3.63) is 70.0 Å². The average molecular weight is 498 g/mol. The maximum absolute atomic E-state index is 13.8. The first-order valence-corrected chi connectivity index (χ1v) is 11.5. The van der Waals surface area contributed by atoms with Crippen LogP contribution in [0.15, 0.2) is 53.3 Å². The number of aromatic nitrogens is 1. The molecule has 2 aliphatic heterocycles. The van der Waals surface area contributed by atoms with Crippen LogP contribution in [0.5, 0.6) is 0 Å². The first kappa shape index (κ1) is 21.2. The highest BCUT2D eigenvalue weighted by Crippen LogP contribution is 2.30. The van der Waals surface area contributed by atoms with Gasteiger partial charge in [-0.3, -0.25) is 14.3 Å². The lowest BCUT2D eigenvalue weighted by molar-refractivity contribution is 0.0192. The molecule has 1 fully saturated rings. The molecule has 1 N–H and O–H groups in total. The van der Waals surface area contributed by atoms with Gasteiger partial charge in [0.1, 0.15) is 0 Å². The van der Waals surface area contributed by atoms with Crippen LogP contribution in [0.2, 0.25) is 0 Å². The average Bonchev–Trinajstić information content (AvgIpc) is 3.21. The Balaban J connectivity index is 1.49. The summed E-state index contributed by atoms with van der Waals surface area (Å²) in [4.78, 5) is 29.5. The molecular weight excluding hydrogens is 474 g/mol. The van der Waals surface area contributed by atoms with Gasteiger partial charge < -0.3 is 14.7 Å². The number of hydrogen-bond acceptors (Lipinski definition) is 4. The number of hydrogen-bond donors (Lipinski definition) is 1. The Kier molecular flexibility index (Phi) is 5.75. The topological polar surface area (TPSA) is 75.0 Å². The zero-order valence-corrected chi connectivity index (χ0v) is 19.1. The van der Waals surface area contributed by atoms with Crippen molar-refractivity contribution < 1.29 is 19.4 Å². The summed E-state index contributed by atoms with van der Waals surface area (Å²) in [7, 11) is 0. The predicted octanol–water partition coefficient (Wildman–Crippen LogP) is 3.83. The number of benzene rings is 2. The summed E-state index contributed by atoms with van der Waals surface area (Å²) in [5, 5.41) is 10.8. The minimum Gasteiger partial charge on any atom is -0.464 e. The molecule has 0 saturated carbocycles. The Morgan fingerprint density at radius 3 is 2.47 bits per heavy atom. The van der Waals surface area contributed by atoms with E-state index < -0.39 is 6.09 Å². The molecule has 5 rings (SSSR count). The van der Waals surface area contributed by atoms with Gasteiger partial charge in [-0.15, -0.1) is 0 Å². The number of ether oxygens (including phenoxy) is 1. The molecule has 3 aromatic rings. The van der Waals surface area contributed by atoms with Crippen LogP contribution in [0, 0.1) is 0 Å².